The van der Waals surface area contributed by atoms with E-state index in [-0.39, 0.29) is 0 Å². The maximum Gasteiger partial charge on any atom is 0.185 e. The second kappa shape index (κ2) is 4.20. The molecule has 0 aromatic heterocycles. The monoisotopic (exact) mass is 195 g/mol. The topological polar surface area (TPSA) is 50.1 Å². The van der Waals surface area contributed by atoms with Crippen LogP contribution in [0, 0.1) is 13.8 Å². The largest absolute Gasteiger partial charge is 0.331 e. The first-order valence-corrected chi connectivity index (χ1v) is 4.40. The number of thiocarbonyl (C=S) groups is 1. The Kier molecular flexibility index (Phi) is 3.22. The maximum atomic E-state index is 5.17. The van der Waals surface area contributed by atoms with E-state index in [0.717, 1.165) is 16.8 Å². The molecule has 0 heterocycles. The second-order valence-electron chi connectivity index (χ2n) is 2.87. The van der Waals surface area contributed by atoms with Gasteiger partial charge in [0.25, 0.3) is 0 Å². The molecule has 0 atom stereocenters. The predicted molar refractivity (Wildman–Crippen MR) is 59.5 cm³/mol. The molecule has 4 N–H and O–H groups in total. The van der Waals surface area contributed by atoms with Gasteiger partial charge in [-0.25, -0.2) is 5.84 Å². The van der Waals surface area contributed by atoms with Crippen LogP contribution >= 0.6 is 12.2 Å². The van der Waals surface area contributed by atoms with Crippen molar-refractivity contribution < 1.29 is 0 Å². The lowest BCUT2D eigenvalue weighted by atomic mass is 10.1. The Bertz CT molecular complexity index is 302. The van der Waals surface area contributed by atoms with Gasteiger partial charge in [0.05, 0.1) is 0 Å². The van der Waals surface area contributed by atoms with E-state index >= 15 is 0 Å². The van der Waals surface area contributed by atoms with Crippen molar-refractivity contribution in [1.82, 2.24) is 5.43 Å². The van der Waals surface area contributed by atoms with Crippen molar-refractivity contribution in [3.05, 3.63) is 29.3 Å². The number of nitrogens with one attached hydrogen (secondary N) is 2. The average Bonchev–Trinajstić information content (AvgIpc) is 2.11. The molecule has 0 radical (unpaired) electrons. The number of rotatable bonds is 1. The summed E-state index contributed by atoms with van der Waals surface area (Å²) in [5.74, 6) is 5.17. The van der Waals surface area contributed by atoms with Crippen LogP contribution in [0.4, 0.5) is 5.69 Å². The van der Waals surface area contributed by atoms with Crippen LogP contribution in [0.3, 0.4) is 0 Å². The van der Waals surface area contributed by atoms with E-state index in [1.54, 1.807) is 0 Å². The van der Waals surface area contributed by atoms with Gasteiger partial charge in [-0.3, -0.25) is 0 Å². The Balaban J connectivity index is 2.93. The molecule has 4 heteroatoms. The molecule has 0 fully saturated rings. The third kappa shape index (κ3) is 2.40. The Labute approximate surface area is 83.3 Å². The van der Waals surface area contributed by atoms with Gasteiger partial charge in [-0.2, -0.15) is 0 Å². The Morgan fingerprint density at radius 3 is 2.31 bits per heavy atom. The third-order valence-electron chi connectivity index (χ3n) is 1.85. The molecule has 0 aliphatic rings. The Hall–Kier alpha value is -1.13. The molecule has 0 amide bonds. The fourth-order valence-electron chi connectivity index (χ4n) is 1.16. The van der Waals surface area contributed by atoms with Crippen LogP contribution in [0.25, 0.3) is 0 Å². The number of benzene rings is 1. The highest BCUT2D eigenvalue weighted by Gasteiger charge is 2.02. The summed E-state index contributed by atoms with van der Waals surface area (Å²) >= 11 is 4.91. The van der Waals surface area contributed by atoms with Crippen LogP contribution in [-0.4, -0.2) is 5.11 Å². The molecule has 0 unspecified atom stereocenters. The molecule has 1 aromatic carbocycles. The van der Waals surface area contributed by atoms with Gasteiger partial charge in [-0.15, -0.1) is 0 Å². The number of anilines is 1. The van der Waals surface area contributed by atoms with Crippen LogP contribution in [0.15, 0.2) is 18.2 Å². The summed E-state index contributed by atoms with van der Waals surface area (Å²) in [4.78, 5) is 0. The van der Waals surface area contributed by atoms with Gasteiger partial charge < -0.3 is 10.7 Å². The SMILES string of the molecule is Cc1cccc(C)c1NC(=S)NN. The van der Waals surface area contributed by atoms with Crippen molar-refractivity contribution in [2.75, 3.05) is 5.32 Å². The summed E-state index contributed by atoms with van der Waals surface area (Å²) in [7, 11) is 0. The molecular weight excluding hydrogens is 182 g/mol. The smallest absolute Gasteiger partial charge is 0.185 e. The van der Waals surface area contributed by atoms with Crippen LogP contribution in [0.5, 0.6) is 0 Å². The highest BCUT2D eigenvalue weighted by atomic mass is 32.1. The average molecular weight is 195 g/mol. The molecule has 0 spiro atoms. The summed E-state index contributed by atoms with van der Waals surface area (Å²) in [6.07, 6.45) is 0. The second-order valence-corrected chi connectivity index (χ2v) is 3.27. The first-order chi connectivity index (χ1) is 6.15. The van der Waals surface area contributed by atoms with E-state index < -0.39 is 0 Å². The zero-order valence-electron chi connectivity index (χ0n) is 7.72. The summed E-state index contributed by atoms with van der Waals surface area (Å²) in [6.45, 7) is 4.04. The van der Waals surface area contributed by atoms with E-state index in [2.05, 4.69) is 10.7 Å². The van der Waals surface area contributed by atoms with Gasteiger partial charge in [-0.05, 0) is 37.2 Å². The molecule has 0 bridgehead atoms. The number of hydrogen-bond donors (Lipinski definition) is 3. The van der Waals surface area contributed by atoms with Gasteiger partial charge in [-0.1, -0.05) is 18.2 Å². The minimum Gasteiger partial charge on any atom is -0.331 e. The first kappa shape index (κ1) is 9.95. The van der Waals surface area contributed by atoms with Gasteiger partial charge in [0.15, 0.2) is 5.11 Å². The minimum absolute atomic E-state index is 0.428. The fraction of sp³-hybridized carbons (Fsp3) is 0.222. The maximum absolute atomic E-state index is 5.17. The van der Waals surface area contributed by atoms with Gasteiger partial charge in [0.2, 0.25) is 0 Å². The number of para-hydroxylation sites is 1. The van der Waals surface area contributed by atoms with Crippen LogP contribution < -0.4 is 16.6 Å². The summed E-state index contributed by atoms with van der Waals surface area (Å²) in [5.41, 5.74) is 5.71. The van der Waals surface area contributed by atoms with Gasteiger partial charge >= 0.3 is 0 Å². The van der Waals surface area contributed by atoms with Crippen LogP contribution in [0.1, 0.15) is 11.1 Å². The Morgan fingerprint density at radius 1 is 1.31 bits per heavy atom. The van der Waals surface area contributed by atoms with E-state index in [1.807, 2.05) is 32.0 Å². The molecule has 70 valence electrons. The lowest BCUT2D eigenvalue weighted by Gasteiger charge is -2.12. The molecule has 0 saturated carbocycles. The zero-order valence-corrected chi connectivity index (χ0v) is 8.53. The molecule has 1 rings (SSSR count). The summed E-state index contributed by atoms with van der Waals surface area (Å²) in [5, 5.41) is 3.45. The number of aryl methyl sites for hydroxylation is 2. The number of hydrogen-bond acceptors (Lipinski definition) is 2. The fourth-order valence-corrected chi connectivity index (χ4v) is 1.26. The number of nitrogens with two attached hydrogens (primary N) is 1. The number of hydrazine groups is 1. The minimum atomic E-state index is 0.428. The van der Waals surface area contributed by atoms with E-state index in [0.29, 0.717) is 5.11 Å². The normalized spacial score (nSPS) is 9.46. The molecule has 3 nitrogen and oxygen atoms in total. The standard InChI is InChI=1S/C9H13N3S/c1-6-4-3-5-7(2)8(6)11-9(13)12-10/h3-5H,10H2,1-2H3,(H2,11,12,13). The van der Waals surface area contributed by atoms with Crippen molar-refractivity contribution in [3.8, 4) is 0 Å². The predicted octanol–water partition coefficient (Wildman–Crippen LogP) is 1.46. The van der Waals surface area contributed by atoms with E-state index in [4.69, 9.17) is 18.1 Å². The van der Waals surface area contributed by atoms with E-state index in [1.165, 1.54) is 0 Å². The lowest BCUT2D eigenvalue weighted by Crippen LogP contribution is -2.34. The molecule has 0 aliphatic carbocycles. The Morgan fingerprint density at radius 2 is 1.85 bits per heavy atom. The zero-order chi connectivity index (χ0) is 9.84. The quantitative estimate of drug-likeness (QED) is 0.361. The van der Waals surface area contributed by atoms with Crippen molar-refractivity contribution in [2.24, 2.45) is 5.84 Å². The lowest BCUT2D eigenvalue weighted by molar-refractivity contribution is 1.04. The summed E-state index contributed by atoms with van der Waals surface area (Å²) in [6, 6.07) is 6.05. The third-order valence-corrected chi connectivity index (χ3v) is 2.07. The molecule has 13 heavy (non-hydrogen) atoms. The molecule has 1 aromatic rings. The molecule has 0 saturated heterocycles. The van der Waals surface area contributed by atoms with Crippen molar-refractivity contribution >= 4 is 23.0 Å². The van der Waals surface area contributed by atoms with Gasteiger partial charge in [0.1, 0.15) is 0 Å². The molecule has 0 aliphatic heterocycles. The van der Waals surface area contributed by atoms with Crippen LogP contribution in [0.2, 0.25) is 0 Å². The highest BCUT2D eigenvalue weighted by molar-refractivity contribution is 7.80. The van der Waals surface area contributed by atoms with Crippen LogP contribution in [-0.2, 0) is 0 Å². The van der Waals surface area contributed by atoms with Gasteiger partial charge in [0, 0.05) is 5.69 Å². The van der Waals surface area contributed by atoms with Crippen molar-refractivity contribution in [1.29, 1.82) is 0 Å². The first-order valence-electron chi connectivity index (χ1n) is 3.99. The summed E-state index contributed by atoms with van der Waals surface area (Å²) < 4.78 is 0. The highest BCUT2D eigenvalue weighted by Crippen LogP contribution is 2.18. The van der Waals surface area contributed by atoms with Crippen molar-refractivity contribution in [3.63, 3.8) is 0 Å². The molecular formula is C9H13N3S. The van der Waals surface area contributed by atoms with Crippen molar-refractivity contribution in [2.45, 2.75) is 13.8 Å². The van der Waals surface area contributed by atoms with E-state index in [9.17, 15) is 0 Å².